The third-order valence-corrected chi connectivity index (χ3v) is 5.08. The van der Waals surface area contributed by atoms with Crippen molar-refractivity contribution >= 4 is 16.7 Å². The molecule has 0 aliphatic rings. The SMILES string of the molecule is CCOc1ccc(-c2cc3cc(OC)c(OC)cc3c[n+]2C(C(=O)O)C(C)C)cc1. The Hall–Kier alpha value is -3.28. The van der Waals surface area contributed by atoms with Crippen molar-refractivity contribution in [2.75, 3.05) is 20.8 Å². The van der Waals surface area contributed by atoms with E-state index in [1.807, 2.05) is 74.0 Å². The number of carboxylic acid groups (broad SMARTS) is 1. The summed E-state index contributed by atoms with van der Waals surface area (Å²) in [5.74, 6) is 1.02. The van der Waals surface area contributed by atoms with Gasteiger partial charge in [0.25, 0.3) is 6.04 Å². The third-order valence-electron chi connectivity index (χ3n) is 5.08. The Balaban J connectivity index is 2.28. The standard InChI is InChI=1S/C24H27NO5/c1-6-30-19-9-7-16(8-10-19)20-11-17-12-21(28-4)22(29-5)13-18(17)14-25(20)23(15(2)3)24(26)27/h7-15,23H,6H2,1-5H3/p+1. The lowest BCUT2D eigenvalue weighted by molar-refractivity contribution is -0.705. The Morgan fingerprint density at radius 3 is 2.10 bits per heavy atom. The van der Waals surface area contributed by atoms with Gasteiger partial charge >= 0.3 is 5.97 Å². The number of hydrogen-bond donors (Lipinski definition) is 1. The molecule has 0 amide bonds. The van der Waals surface area contributed by atoms with E-state index >= 15 is 0 Å². The van der Waals surface area contributed by atoms with Crippen LogP contribution in [0.5, 0.6) is 17.2 Å². The highest BCUT2D eigenvalue weighted by Crippen LogP contribution is 2.34. The first kappa shape index (κ1) is 21.4. The normalized spacial score (nSPS) is 12.1. The lowest BCUT2D eigenvalue weighted by Gasteiger charge is -2.16. The van der Waals surface area contributed by atoms with Gasteiger partial charge in [-0.3, -0.25) is 0 Å². The molecule has 30 heavy (non-hydrogen) atoms. The zero-order chi connectivity index (χ0) is 21.8. The monoisotopic (exact) mass is 410 g/mol. The average Bonchev–Trinajstić information content (AvgIpc) is 2.72. The topological polar surface area (TPSA) is 68.9 Å². The lowest BCUT2D eigenvalue weighted by atomic mass is 10.00. The van der Waals surface area contributed by atoms with Gasteiger partial charge < -0.3 is 19.3 Å². The highest BCUT2D eigenvalue weighted by molar-refractivity contribution is 5.87. The number of benzene rings is 2. The fourth-order valence-electron chi connectivity index (χ4n) is 3.66. The number of rotatable bonds is 8. The van der Waals surface area contributed by atoms with Crippen LogP contribution in [0.4, 0.5) is 0 Å². The van der Waals surface area contributed by atoms with Crippen LogP contribution in [0, 0.1) is 5.92 Å². The number of ether oxygens (including phenoxy) is 3. The summed E-state index contributed by atoms with van der Waals surface area (Å²) in [5.41, 5.74) is 1.71. The van der Waals surface area contributed by atoms with Crippen LogP contribution in [-0.4, -0.2) is 31.9 Å². The summed E-state index contributed by atoms with van der Waals surface area (Å²) in [5, 5.41) is 11.8. The molecule has 158 valence electrons. The molecule has 1 unspecified atom stereocenters. The van der Waals surface area contributed by atoms with Crippen molar-refractivity contribution in [3.05, 3.63) is 48.7 Å². The second kappa shape index (κ2) is 9.03. The molecule has 0 fully saturated rings. The smallest absolute Gasteiger partial charge is 0.373 e. The molecule has 1 aromatic heterocycles. The molecule has 0 radical (unpaired) electrons. The Morgan fingerprint density at radius 1 is 1.00 bits per heavy atom. The number of methoxy groups -OCH3 is 2. The van der Waals surface area contributed by atoms with Gasteiger partial charge in [-0.25, -0.2) is 4.79 Å². The molecule has 3 rings (SSSR count). The van der Waals surface area contributed by atoms with E-state index in [0.717, 1.165) is 27.8 Å². The minimum Gasteiger partial charge on any atom is -0.494 e. The minimum atomic E-state index is -0.873. The fraction of sp³-hybridized carbons (Fsp3) is 0.333. The van der Waals surface area contributed by atoms with Crippen molar-refractivity contribution in [3.63, 3.8) is 0 Å². The molecule has 6 heteroatoms. The first-order valence-corrected chi connectivity index (χ1v) is 9.96. The molecule has 0 bridgehead atoms. The van der Waals surface area contributed by atoms with Crippen LogP contribution in [0.2, 0.25) is 0 Å². The number of aromatic nitrogens is 1. The van der Waals surface area contributed by atoms with Crippen molar-refractivity contribution in [2.45, 2.75) is 26.8 Å². The molecule has 1 N–H and O–H groups in total. The summed E-state index contributed by atoms with van der Waals surface area (Å²) in [6.07, 6.45) is 1.88. The van der Waals surface area contributed by atoms with Gasteiger partial charge in [-0.2, -0.15) is 4.57 Å². The average molecular weight is 410 g/mol. The molecule has 0 saturated carbocycles. The van der Waals surface area contributed by atoms with Gasteiger partial charge in [-0.05, 0) is 48.7 Å². The van der Waals surface area contributed by atoms with E-state index in [0.29, 0.717) is 18.1 Å². The Morgan fingerprint density at radius 2 is 1.60 bits per heavy atom. The van der Waals surface area contributed by atoms with Gasteiger partial charge in [0.2, 0.25) is 5.69 Å². The molecule has 6 nitrogen and oxygen atoms in total. The largest absolute Gasteiger partial charge is 0.494 e. The summed E-state index contributed by atoms with van der Waals surface area (Å²) in [6, 6.07) is 12.7. The number of hydrogen-bond acceptors (Lipinski definition) is 4. The predicted octanol–water partition coefficient (Wildman–Crippen LogP) is 4.49. The maximum atomic E-state index is 12.1. The summed E-state index contributed by atoms with van der Waals surface area (Å²) >= 11 is 0. The highest BCUT2D eigenvalue weighted by atomic mass is 16.5. The van der Waals surface area contributed by atoms with Gasteiger partial charge in [0.1, 0.15) is 5.75 Å². The van der Waals surface area contributed by atoms with E-state index in [-0.39, 0.29) is 5.92 Å². The van der Waals surface area contributed by atoms with Gasteiger partial charge in [-0.1, -0.05) is 13.8 Å². The zero-order valence-corrected chi connectivity index (χ0v) is 18.0. The van der Waals surface area contributed by atoms with E-state index in [2.05, 4.69) is 0 Å². The molecule has 1 atom stereocenters. The van der Waals surface area contributed by atoms with Gasteiger partial charge in [0.05, 0.1) is 20.8 Å². The van der Waals surface area contributed by atoms with Crippen LogP contribution >= 0.6 is 0 Å². The molecule has 0 saturated heterocycles. The van der Waals surface area contributed by atoms with Gasteiger partial charge in [0.15, 0.2) is 17.7 Å². The summed E-state index contributed by atoms with van der Waals surface area (Å²) < 4.78 is 18.2. The van der Waals surface area contributed by atoms with Crippen molar-refractivity contribution in [1.82, 2.24) is 0 Å². The molecule has 2 aromatic carbocycles. The molecule has 0 spiro atoms. The quantitative estimate of drug-likeness (QED) is 0.554. The van der Waals surface area contributed by atoms with Crippen molar-refractivity contribution in [2.24, 2.45) is 5.92 Å². The maximum Gasteiger partial charge on any atom is 0.373 e. The summed E-state index contributed by atoms with van der Waals surface area (Å²) in [4.78, 5) is 12.1. The Bertz CT molecular complexity index is 1040. The highest BCUT2D eigenvalue weighted by Gasteiger charge is 2.34. The van der Waals surface area contributed by atoms with Crippen LogP contribution < -0.4 is 18.8 Å². The molecule has 0 aliphatic heterocycles. The Labute approximate surface area is 176 Å². The maximum absolute atomic E-state index is 12.1. The molecule has 0 aliphatic carbocycles. The number of aliphatic carboxylic acids is 1. The fourth-order valence-corrected chi connectivity index (χ4v) is 3.66. The summed E-state index contributed by atoms with van der Waals surface area (Å²) in [7, 11) is 3.18. The molecule has 3 aromatic rings. The number of nitrogens with zero attached hydrogens (tertiary/aromatic N) is 1. The first-order chi connectivity index (χ1) is 14.4. The van der Waals surface area contributed by atoms with Crippen LogP contribution in [0.3, 0.4) is 0 Å². The van der Waals surface area contributed by atoms with Crippen LogP contribution in [0.15, 0.2) is 48.7 Å². The summed E-state index contributed by atoms with van der Waals surface area (Å²) in [6.45, 7) is 6.34. The van der Waals surface area contributed by atoms with Crippen LogP contribution in [-0.2, 0) is 4.79 Å². The zero-order valence-electron chi connectivity index (χ0n) is 18.0. The van der Waals surface area contributed by atoms with Gasteiger partial charge in [0, 0.05) is 22.9 Å². The van der Waals surface area contributed by atoms with E-state index < -0.39 is 12.0 Å². The van der Waals surface area contributed by atoms with Crippen molar-refractivity contribution < 1.29 is 28.7 Å². The Kier molecular flexibility index (Phi) is 6.45. The first-order valence-electron chi connectivity index (χ1n) is 9.96. The molecular formula is C24H28NO5+. The van der Waals surface area contributed by atoms with E-state index in [1.165, 1.54) is 0 Å². The second-order valence-corrected chi connectivity index (χ2v) is 7.39. The molecule has 1 heterocycles. The molecular weight excluding hydrogens is 382 g/mol. The second-order valence-electron chi connectivity index (χ2n) is 7.39. The van der Waals surface area contributed by atoms with Crippen LogP contribution in [0.1, 0.15) is 26.8 Å². The lowest BCUT2D eigenvalue weighted by Crippen LogP contribution is -2.48. The number of pyridine rings is 1. The van der Waals surface area contributed by atoms with E-state index in [1.54, 1.807) is 14.2 Å². The van der Waals surface area contributed by atoms with Crippen molar-refractivity contribution in [3.8, 4) is 28.5 Å². The number of fused-ring (bicyclic) bond motifs is 1. The van der Waals surface area contributed by atoms with E-state index in [4.69, 9.17) is 14.2 Å². The van der Waals surface area contributed by atoms with E-state index in [9.17, 15) is 9.90 Å². The predicted molar refractivity (Wildman–Crippen MR) is 115 cm³/mol. The van der Waals surface area contributed by atoms with Gasteiger partial charge in [-0.15, -0.1) is 0 Å². The van der Waals surface area contributed by atoms with Crippen molar-refractivity contribution in [1.29, 1.82) is 0 Å². The minimum absolute atomic E-state index is 0.105. The number of carbonyl (C=O) groups is 1. The number of carboxylic acids is 1. The third kappa shape index (κ3) is 4.17. The van der Waals surface area contributed by atoms with Crippen LogP contribution in [0.25, 0.3) is 22.0 Å².